The van der Waals surface area contributed by atoms with E-state index in [9.17, 15) is 9.59 Å². The topological polar surface area (TPSA) is 55.4 Å². The Hall–Kier alpha value is -2.36. The normalized spacial score (nSPS) is 26.3. The van der Waals surface area contributed by atoms with E-state index in [1.165, 1.54) is 0 Å². The molecule has 0 heterocycles. The van der Waals surface area contributed by atoms with Gasteiger partial charge in [0.2, 0.25) is 0 Å². The van der Waals surface area contributed by atoms with Crippen LogP contribution in [-0.2, 0) is 9.53 Å². The van der Waals surface area contributed by atoms with Crippen molar-refractivity contribution in [3.63, 3.8) is 0 Å². The van der Waals surface area contributed by atoms with E-state index in [-0.39, 0.29) is 29.8 Å². The fourth-order valence-electron chi connectivity index (χ4n) is 3.21. The lowest BCUT2D eigenvalue weighted by Gasteiger charge is -2.24. The lowest BCUT2D eigenvalue weighted by atomic mass is 9.92. The number of carbonyl (C=O) groups excluding carboxylic acids is 2. The van der Waals surface area contributed by atoms with Crippen LogP contribution < -0.4 is 5.32 Å². The molecule has 1 saturated carbocycles. The first-order valence-corrected chi connectivity index (χ1v) is 7.90. The molecule has 0 spiro atoms. The summed E-state index contributed by atoms with van der Waals surface area (Å²) in [4.78, 5) is 24.8. The fourth-order valence-corrected chi connectivity index (χ4v) is 3.21. The molecule has 1 aromatic carbocycles. The molecule has 1 unspecified atom stereocenters. The minimum absolute atomic E-state index is 0.0140. The first-order chi connectivity index (χ1) is 11.1. The van der Waals surface area contributed by atoms with Crippen LogP contribution in [0, 0.1) is 17.8 Å². The van der Waals surface area contributed by atoms with Gasteiger partial charge in [0.25, 0.3) is 5.91 Å². The second-order valence-electron chi connectivity index (χ2n) is 5.68. The van der Waals surface area contributed by atoms with E-state index in [1.807, 2.05) is 18.2 Å². The van der Waals surface area contributed by atoms with Crippen molar-refractivity contribution in [1.29, 1.82) is 0 Å². The third-order valence-corrected chi connectivity index (χ3v) is 4.35. The third-order valence-electron chi connectivity index (χ3n) is 4.35. The van der Waals surface area contributed by atoms with Gasteiger partial charge in [-0.25, -0.2) is 0 Å². The van der Waals surface area contributed by atoms with Crippen LogP contribution in [0.15, 0.2) is 55.6 Å². The molecule has 1 amide bonds. The molecule has 1 aliphatic rings. The molecule has 0 saturated heterocycles. The smallest absolute Gasteiger partial charge is 0.311 e. The van der Waals surface area contributed by atoms with Crippen LogP contribution in [0.5, 0.6) is 0 Å². The van der Waals surface area contributed by atoms with Gasteiger partial charge >= 0.3 is 5.97 Å². The van der Waals surface area contributed by atoms with Gasteiger partial charge in [-0.15, -0.1) is 13.2 Å². The molecule has 0 radical (unpaired) electrons. The van der Waals surface area contributed by atoms with Crippen molar-refractivity contribution in [3.05, 3.63) is 61.2 Å². The molecular formula is C19H23NO3. The summed E-state index contributed by atoms with van der Waals surface area (Å²) in [5, 5.41) is 2.99. The van der Waals surface area contributed by atoms with E-state index >= 15 is 0 Å². The van der Waals surface area contributed by atoms with Crippen molar-refractivity contribution in [3.8, 4) is 0 Å². The number of hydrogen-bond donors (Lipinski definition) is 1. The van der Waals surface area contributed by atoms with Crippen LogP contribution in [0.25, 0.3) is 0 Å². The Kier molecular flexibility index (Phi) is 5.74. The zero-order valence-electron chi connectivity index (χ0n) is 13.4. The average Bonchev–Trinajstić information content (AvgIpc) is 2.93. The summed E-state index contributed by atoms with van der Waals surface area (Å²) in [5.41, 5.74) is 0.569. The van der Waals surface area contributed by atoms with Crippen LogP contribution in [0.1, 0.15) is 23.7 Å². The van der Waals surface area contributed by atoms with Crippen LogP contribution in [0.2, 0.25) is 0 Å². The zero-order valence-corrected chi connectivity index (χ0v) is 13.4. The number of amides is 1. The molecular weight excluding hydrogens is 290 g/mol. The molecule has 1 aliphatic carbocycles. The van der Waals surface area contributed by atoms with Gasteiger partial charge in [-0.2, -0.15) is 0 Å². The van der Waals surface area contributed by atoms with Crippen molar-refractivity contribution >= 4 is 11.9 Å². The Bertz CT molecular complexity index is 582. The fraction of sp³-hybridized carbons (Fsp3) is 0.368. The van der Waals surface area contributed by atoms with Gasteiger partial charge in [0.05, 0.1) is 12.5 Å². The summed E-state index contributed by atoms with van der Waals surface area (Å²) < 4.78 is 5.20. The zero-order chi connectivity index (χ0) is 16.8. The lowest BCUT2D eigenvalue weighted by molar-refractivity contribution is -0.149. The Morgan fingerprint density at radius 2 is 1.87 bits per heavy atom. The highest BCUT2D eigenvalue weighted by molar-refractivity contribution is 5.94. The number of rotatable bonds is 6. The van der Waals surface area contributed by atoms with Gasteiger partial charge in [0.1, 0.15) is 0 Å². The summed E-state index contributed by atoms with van der Waals surface area (Å²) in [6.07, 6.45) is 4.30. The number of nitrogens with one attached hydrogen (secondary N) is 1. The SMILES string of the molecule is C=C[C@@H]1C[C@H](C=C)[C@H](C(=O)OCC)C1NC(=O)c1ccccc1. The number of ether oxygens (including phenoxy) is 1. The van der Waals surface area contributed by atoms with Gasteiger partial charge in [-0.3, -0.25) is 9.59 Å². The van der Waals surface area contributed by atoms with E-state index in [1.54, 1.807) is 31.2 Å². The number of carbonyl (C=O) groups is 2. The molecule has 2 rings (SSSR count). The maximum absolute atomic E-state index is 12.5. The van der Waals surface area contributed by atoms with Gasteiger partial charge < -0.3 is 10.1 Å². The second kappa shape index (κ2) is 7.77. The minimum Gasteiger partial charge on any atom is -0.466 e. The number of benzene rings is 1. The molecule has 4 nitrogen and oxygen atoms in total. The van der Waals surface area contributed by atoms with Gasteiger partial charge in [-0.05, 0) is 37.3 Å². The van der Waals surface area contributed by atoms with E-state index in [2.05, 4.69) is 18.5 Å². The molecule has 1 aromatic rings. The number of allylic oxidation sites excluding steroid dienone is 1. The molecule has 4 atom stereocenters. The summed E-state index contributed by atoms with van der Waals surface area (Å²) in [6.45, 7) is 9.76. The largest absolute Gasteiger partial charge is 0.466 e. The standard InChI is InChI=1S/C19H23NO3/c1-4-13-12-14(5-2)17(16(13)19(22)23-6-3)20-18(21)15-10-8-7-9-11-15/h4-5,7-11,13-14,16-17H,1-2,6,12H2,3H3,(H,20,21)/t13-,14+,16-,17?/m0/s1. The molecule has 1 N–H and O–H groups in total. The first-order valence-electron chi connectivity index (χ1n) is 7.90. The van der Waals surface area contributed by atoms with E-state index in [0.717, 1.165) is 6.42 Å². The van der Waals surface area contributed by atoms with Crippen LogP contribution in [-0.4, -0.2) is 24.5 Å². The summed E-state index contributed by atoms with van der Waals surface area (Å²) in [5.74, 6) is -0.928. The summed E-state index contributed by atoms with van der Waals surface area (Å²) in [6, 6.07) is 8.64. The summed E-state index contributed by atoms with van der Waals surface area (Å²) in [7, 11) is 0. The minimum atomic E-state index is -0.428. The molecule has 0 aromatic heterocycles. The average molecular weight is 313 g/mol. The molecule has 0 aliphatic heterocycles. The maximum Gasteiger partial charge on any atom is 0.311 e. The molecule has 122 valence electrons. The highest BCUT2D eigenvalue weighted by Crippen LogP contribution is 2.39. The first kappa shape index (κ1) is 17.0. The van der Waals surface area contributed by atoms with Gasteiger partial charge in [0.15, 0.2) is 0 Å². The Morgan fingerprint density at radius 3 is 2.43 bits per heavy atom. The van der Waals surface area contributed by atoms with E-state index in [0.29, 0.717) is 12.2 Å². The van der Waals surface area contributed by atoms with Crippen molar-refractivity contribution < 1.29 is 14.3 Å². The van der Waals surface area contributed by atoms with E-state index < -0.39 is 5.92 Å². The van der Waals surface area contributed by atoms with Crippen molar-refractivity contribution in [2.45, 2.75) is 19.4 Å². The predicted octanol–water partition coefficient (Wildman–Crippen LogP) is 2.97. The Morgan fingerprint density at radius 1 is 1.22 bits per heavy atom. The second-order valence-corrected chi connectivity index (χ2v) is 5.68. The lowest BCUT2D eigenvalue weighted by Crippen LogP contribution is -2.45. The molecule has 0 bridgehead atoms. The molecule has 4 heteroatoms. The predicted molar refractivity (Wildman–Crippen MR) is 89.8 cm³/mol. The monoisotopic (exact) mass is 313 g/mol. The highest BCUT2D eigenvalue weighted by atomic mass is 16.5. The van der Waals surface area contributed by atoms with E-state index in [4.69, 9.17) is 4.74 Å². The number of esters is 1. The van der Waals surface area contributed by atoms with Crippen molar-refractivity contribution in [1.82, 2.24) is 5.32 Å². The quantitative estimate of drug-likeness (QED) is 0.649. The van der Waals surface area contributed by atoms with Gasteiger partial charge in [-0.1, -0.05) is 30.4 Å². The highest BCUT2D eigenvalue weighted by Gasteiger charge is 2.46. The van der Waals surface area contributed by atoms with Gasteiger partial charge in [0, 0.05) is 11.6 Å². The number of hydrogen-bond acceptors (Lipinski definition) is 3. The van der Waals surface area contributed by atoms with Crippen molar-refractivity contribution in [2.24, 2.45) is 17.8 Å². The van der Waals surface area contributed by atoms with Crippen LogP contribution >= 0.6 is 0 Å². The Labute approximate surface area is 137 Å². The summed E-state index contributed by atoms with van der Waals surface area (Å²) >= 11 is 0. The maximum atomic E-state index is 12.5. The third kappa shape index (κ3) is 3.70. The van der Waals surface area contributed by atoms with Crippen LogP contribution in [0.4, 0.5) is 0 Å². The molecule has 1 fully saturated rings. The van der Waals surface area contributed by atoms with Crippen molar-refractivity contribution in [2.75, 3.05) is 6.61 Å². The van der Waals surface area contributed by atoms with Crippen LogP contribution in [0.3, 0.4) is 0 Å². The Balaban J connectivity index is 2.23. The molecule has 23 heavy (non-hydrogen) atoms.